The van der Waals surface area contributed by atoms with Crippen molar-refractivity contribution < 1.29 is 23.9 Å². The first-order valence-corrected chi connectivity index (χ1v) is 8.83. The van der Waals surface area contributed by atoms with E-state index in [4.69, 9.17) is 4.74 Å². The molecule has 0 spiro atoms. The molecule has 2 atom stereocenters. The van der Waals surface area contributed by atoms with Crippen molar-refractivity contribution in [2.75, 3.05) is 11.9 Å². The quantitative estimate of drug-likeness (QED) is 0.587. The van der Waals surface area contributed by atoms with Crippen molar-refractivity contribution in [2.24, 2.45) is 0 Å². The van der Waals surface area contributed by atoms with Crippen molar-refractivity contribution in [1.29, 1.82) is 0 Å². The third kappa shape index (κ3) is 3.38. The molecule has 0 aromatic heterocycles. The fourth-order valence-electron chi connectivity index (χ4n) is 3.04. The van der Waals surface area contributed by atoms with Crippen LogP contribution < -0.4 is 4.90 Å². The number of nitrogens with zero attached hydrogens (tertiary/aromatic N) is 2. The van der Waals surface area contributed by atoms with Crippen LogP contribution in [0.25, 0.3) is 0 Å². The molecule has 3 amide bonds. The van der Waals surface area contributed by atoms with Crippen LogP contribution in [-0.2, 0) is 14.3 Å². The van der Waals surface area contributed by atoms with Gasteiger partial charge in [-0.25, -0.2) is 4.79 Å². The highest BCUT2D eigenvalue weighted by molar-refractivity contribution is 6.22. The van der Waals surface area contributed by atoms with Crippen molar-refractivity contribution in [3.05, 3.63) is 65.7 Å². The van der Waals surface area contributed by atoms with Crippen molar-refractivity contribution in [1.82, 2.24) is 4.90 Å². The van der Waals surface area contributed by atoms with E-state index in [1.165, 1.54) is 30.9 Å². The summed E-state index contributed by atoms with van der Waals surface area (Å²) in [4.78, 5) is 52.3. The van der Waals surface area contributed by atoms with Crippen LogP contribution in [0.4, 0.5) is 5.69 Å². The van der Waals surface area contributed by atoms with Crippen molar-refractivity contribution in [3.8, 4) is 0 Å². The third-order valence-corrected chi connectivity index (χ3v) is 4.67. The summed E-state index contributed by atoms with van der Waals surface area (Å²) in [5.74, 6) is -2.35. The third-order valence-electron chi connectivity index (χ3n) is 4.67. The largest absolute Gasteiger partial charge is 0.451 e. The summed E-state index contributed by atoms with van der Waals surface area (Å²) in [6, 6.07) is 14.2. The lowest BCUT2D eigenvalue weighted by atomic mass is 10.1. The van der Waals surface area contributed by atoms with Crippen molar-refractivity contribution in [3.63, 3.8) is 0 Å². The van der Waals surface area contributed by atoms with Gasteiger partial charge in [0.1, 0.15) is 6.04 Å². The molecule has 1 heterocycles. The van der Waals surface area contributed by atoms with Gasteiger partial charge in [0.25, 0.3) is 17.7 Å². The fourth-order valence-corrected chi connectivity index (χ4v) is 3.04. The monoisotopic (exact) mass is 380 g/mol. The van der Waals surface area contributed by atoms with Gasteiger partial charge in [0.05, 0.1) is 11.1 Å². The maximum atomic E-state index is 12.5. The average Bonchev–Trinajstić information content (AvgIpc) is 2.97. The molecule has 1 aliphatic rings. The molecule has 0 unspecified atom stereocenters. The van der Waals surface area contributed by atoms with Crippen LogP contribution in [0, 0.1) is 0 Å². The van der Waals surface area contributed by atoms with E-state index >= 15 is 0 Å². The van der Waals surface area contributed by atoms with E-state index in [-0.39, 0.29) is 11.1 Å². The molecule has 0 fully saturated rings. The summed E-state index contributed by atoms with van der Waals surface area (Å²) in [7, 11) is 1.58. The molecule has 2 aromatic rings. The van der Waals surface area contributed by atoms with Gasteiger partial charge in [0.2, 0.25) is 0 Å². The summed E-state index contributed by atoms with van der Waals surface area (Å²) in [5.41, 5.74) is 1.16. The molecular weight excluding hydrogens is 360 g/mol. The zero-order valence-corrected chi connectivity index (χ0v) is 15.8. The van der Waals surface area contributed by atoms with E-state index in [1.54, 1.807) is 43.4 Å². The Morgan fingerprint density at radius 1 is 0.893 bits per heavy atom. The van der Waals surface area contributed by atoms with Crippen LogP contribution in [0.3, 0.4) is 0 Å². The summed E-state index contributed by atoms with van der Waals surface area (Å²) >= 11 is 0. The number of carbonyl (C=O) groups excluding carboxylic acids is 4. The topological polar surface area (TPSA) is 84.0 Å². The van der Waals surface area contributed by atoms with Crippen LogP contribution in [0.1, 0.15) is 34.6 Å². The lowest BCUT2D eigenvalue weighted by Gasteiger charge is -2.25. The first-order valence-electron chi connectivity index (χ1n) is 8.83. The lowest BCUT2D eigenvalue weighted by Crippen LogP contribution is -2.46. The van der Waals surface area contributed by atoms with E-state index in [2.05, 4.69) is 0 Å². The second kappa shape index (κ2) is 7.64. The van der Waals surface area contributed by atoms with Crippen molar-refractivity contribution in [2.45, 2.75) is 26.0 Å². The number of ether oxygens (including phenoxy) is 1. The van der Waals surface area contributed by atoms with Gasteiger partial charge in [-0.2, -0.15) is 0 Å². The molecular formula is C21H20N2O5. The number of hydrogen-bond donors (Lipinski definition) is 0. The van der Waals surface area contributed by atoms with Gasteiger partial charge in [-0.1, -0.05) is 30.3 Å². The van der Waals surface area contributed by atoms with Gasteiger partial charge in [-0.05, 0) is 38.1 Å². The Morgan fingerprint density at radius 3 is 1.93 bits per heavy atom. The highest BCUT2D eigenvalue weighted by Gasteiger charge is 2.41. The number of amides is 3. The molecule has 0 bridgehead atoms. The number of hydrogen-bond acceptors (Lipinski definition) is 5. The number of fused-ring (bicyclic) bond motifs is 1. The molecule has 3 rings (SSSR count). The van der Waals surface area contributed by atoms with Crippen LogP contribution >= 0.6 is 0 Å². The number of carbonyl (C=O) groups is 4. The lowest BCUT2D eigenvalue weighted by molar-refractivity contribution is -0.157. The second-order valence-electron chi connectivity index (χ2n) is 6.51. The van der Waals surface area contributed by atoms with Gasteiger partial charge < -0.3 is 9.64 Å². The first-order chi connectivity index (χ1) is 13.3. The zero-order chi connectivity index (χ0) is 20.4. The van der Waals surface area contributed by atoms with Crippen molar-refractivity contribution >= 4 is 29.4 Å². The summed E-state index contributed by atoms with van der Waals surface area (Å²) in [5, 5.41) is 0. The smallest absolute Gasteiger partial charge is 0.329 e. The molecule has 0 N–H and O–H groups in total. The van der Waals surface area contributed by atoms with Gasteiger partial charge in [0.15, 0.2) is 6.10 Å². The minimum Gasteiger partial charge on any atom is -0.451 e. The van der Waals surface area contributed by atoms with Gasteiger partial charge >= 0.3 is 5.97 Å². The summed E-state index contributed by atoms with van der Waals surface area (Å²) in [6.07, 6.45) is -1.07. The van der Waals surface area contributed by atoms with E-state index in [1.807, 2.05) is 6.07 Å². The average molecular weight is 380 g/mol. The van der Waals surface area contributed by atoms with Crippen LogP contribution in [0.5, 0.6) is 0 Å². The molecule has 0 saturated carbocycles. The SMILES string of the molecule is C[C@@H](OC(=O)[C@H](C)N1C(=O)c2ccccc2C1=O)C(=O)N(C)c1ccccc1. The Kier molecular flexibility index (Phi) is 5.26. The number of anilines is 1. The van der Waals surface area contributed by atoms with E-state index in [0.29, 0.717) is 5.69 Å². The highest BCUT2D eigenvalue weighted by atomic mass is 16.5. The maximum Gasteiger partial charge on any atom is 0.329 e. The normalized spacial score (nSPS) is 15.0. The number of imide groups is 1. The molecule has 0 radical (unpaired) electrons. The molecule has 1 aliphatic heterocycles. The first kappa shape index (κ1) is 19.3. The van der Waals surface area contributed by atoms with Crippen LogP contribution in [-0.4, -0.2) is 47.8 Å². The summed E-state index contributed by atoms with van der Waals surface area (Å²) < 4.78 is 5.25. The van der Waals surface area contributed by atoms with Gasteiger partial charge in [0, 0.05) is 12.7 Å². The van der Waals surface area contributed by atoms with E-state index in [9.17, 15) is 19.2 Å². The summed E-state index contributed by atoms with van der Waals surface area (Å²) in [6.45, 7) is 2.86. The number of likely N-dealkylation sites (N-methyl/N-ethyl adjacent to an activating group) is 1. The Hall–Kier alpha value is -3.48. The van der Waals surface area contributed by atoms with Crippen LogP contribution in [0.15, 0.2) is 54.6 Å². The number of esters is 1. The predicted molar refractivity (Wildman–Crippen MR) is 102 cm³/mol. The van der Waals surface area contributed by atoms with E-state index in [0.717, 1.165) is 4.90 Å². The van der Waals surface area contributed by atoms with Gasteiger partial charge in [-0.15, -0.1) is 0 Å². The number of para-hydroxylation sites is 1. The molecule has 0 aliphatic carbocycles. The fraction of sp³-hybridized carbons (Fsp3) is 0.238. The van der Waals surface area contributed by atoms with Gasteiger partial charge in [-0.3, -0.25) is 19.3 Å². The zero-order valence-electron chi connectivity index (χ0n) is 15.8. The van der Waals surface area contributed by atoms with E-state index < -0.39 is 35.8 Å². The maximum absolute atomic E-state index is 12.5. The molecule has 7 heteroatoms. The van der Waals surface area contributed by atoms with Crippen LogP contribution in [0.2, 0.25) is 0 Å². The standard InChI is InChI=1S/C21H20N2O5/c1-13(23-19(25)16-11-7-8-12-17(16)20(23)26)21(27)28-14(2)18(24)22(3)15-9-5-4-6-10-15/h4-14H,1-3H3/t13-,14+/m0/s1. The minimum atomic E-state index is -1.15. The molecule has 7 nitrogen and oxygen atoms in total. The molecule has 2 aromatic carbocycles. The number of rotatable bonds is 5. The number of benzene rings is 2. The minimum absolute atomic E-state index is 0.250. The Morgan fingerprint density at radius 2 is 1.39 bits per heavy atom. The molecule has 28 heavy (non-hydrogen) atoms. The Balaban J connectivity index is 1.68. The highest BCUT2D eigenvalue weighted by Crippen LogP contribution is 2.25. The molecule has 144 valence electrons. The Bertz CT molecular complexity index is 906. The Labute approximate surface area is 162 Å². The molecule has 0 saturated heterocycles. The second-order valence-corrected chi connectivity index (χ2v) is 6.51. The predicted octanol–water partition coefficient (Wildman–Crippen LogP) is 2.27.